The molecule has 0 atom stereocenters. The lowest BCUT2D eigenvalue weighted by Gasteiger charge is -2.08. The van der Waals surface area contributed by atoms with Gasteiger partial charge in [-0.3, -0.25) is 4.79 Å². The molecule has 1 rings (SSSR count). The smallest absolute Gasteiger partial charge is 0.387 e. The quantitative estimate of drug-likeness (QED) is 0.618. The van der Waals surface area contributed by atoms with Crippen molar-refractivity contribution < 1.29 is 18.3 Å². The summed E-state index contributed by atoms with van der Waals surface area (Å²) in [5.74, 6) is -1.08. The van der Waals surface area contributed by atoms with Gasteiger partial charge in [-0.1, -0.05) is 23.2 Å². The first-order valence-corrected chi connectivity index (χ1v) is 5.27. The summed E-state index contributed by atoms with van der Waals surface area (Å²) in [4.78, 5) is 11.3. The maximum absolute atomic E-state index is 12.0. The van der Waals surface area contributed by atoms with Crippen LogP contribution < -0.4 is 4.74 Å². The zero-order chi connectivity index (χ0) is 12.3. The molecule has 0 fully saturated rings. The molecule has 0 saturated heterocycles. The molecule has 0 aliphatic rings. The topological polar surface area (TPSA) is 26.3 Å². The molecule has 0 aliphatic carbocycles. The van der Waals surface area contributed by atoms with Crippen molar-refractivity contribution in [2.24, 2.45) is 0 Å². The van der Waals surface area contributed by atoms with Crippen molar-refractivity contribution in [1.82, 2.24) is 0 Å². The molecule has 7 heteroatoms. The van der Waals surface area contributed by atoms with Crippen LogP contribution in [0.25, 0.3) is 0 Å². The predicted molar refractivity (Wildman–Crippen MR) is 58.1 cm³/mol. The van der Waals surface area contributed by atoms with Crippen molar-refractivity contribution in [3.8, 4) is 5.75 Å². The largest absolute Gasteiger partial charge is 0.435 e. The summed E-state index contributed by atoms with van der Waals surface area (Å²) in [7, 11) is 0. The number of benzene rings is 1. The van der Waals surface area contributed by atoms with Crippen molar-refractivity contribution >= 4 is 40.6 Å². The standard InChI is InChI=1S/C9H5Cl3F2O2/c10-3-7(15)5-1-4(16-9(13)14)2-6(11)8(5)12/h1-2,9H,3H2. The number of halogens is 5. The fourth-order valence-corrected chi connectivity index (χ4v) is 1.58. The number of Topliss-reactive ketones (excluding diaryl/α,β-unsaturated/α-hetero) is 1. The highest BCUT2D eigenvalue weighted by Gasteiger charge is 2.16. The molecule has 1 aromatic rings. The number of carbonyl (C=O) groups excluding carboxylic acids is 1. The Kier molecular flexibility index (Phi) is 4.77. The third-order valence-electron chi connectivity index (χ3n) is 1.65. The van der Waals surface area contributed by atoms with Crippen LogP contribution in [-0.4, -0.2) is 18.3 Å². The second kappa shape index (κ2) is 5.66. The minimum Gasteiger partial charge on any atom is -0.435 e. The lowest BCUT2D eigenvalue weighted by atomic mass is 10.1. The SMILES string of the molecule is O=C(CCl)c1cc(OC(F)F)cc(Cl)c1Cl. The monoisotopic (exact) mass is 288 g/mol. The summed E-state index contributed by atoms with van der Waals surface area (Å²) in [5, 5.41) is -0.0813. The van der Waals surface area contributed by atoms with E-state index in [-0.39, 0.29) is 27.2 Å². The van der Waals surface area contributed by atoms with E-state index in [0.717, 1.165) is 12.1 Å². The first-order chi connectivity index (χ1) is 7.45. The normalized spacial score (nSPS) is 10.6. The van der Waals surface area contributed by atoms with Gasteiger partial charge in [-0.25, -0.2) is 0 Å². The first kappa shape index (κ1) is 13.5. The zero-order valence-corrected chi connectivity index (χ0v) is 9.91. The Bertz CT molecular complexity index is 410. The fraction of sp³-hybridized carbons (Fsp3) is 0.222. The summed E-state index contributed by atoms with van der Waals surface area (Å²) < 4.78 is 28.0. The molecule has 0 radical (unpaired) electrons. The van der Waals surface area contributed by atoms with E-state index < -0.39 is 12.4 Å². The Balaban J connectivity index is 3.16. The molecule has 0 unspecified atom stereocenters. The number of hydrogen-bond acceptors (Lipinski definition) is 2. The molecule has 0 aromatic heterocycles. The minimum atomic E-state index is -3.00. The zero-order valence-electron chi connectivity index (χ0n) is 7.65. The van der Waals surface area contributed by atoms with Crippen LogP contribution in [0.5, 0.6) is 5.75 Å². The molecule has 2 nitrogen and oxygen atoms in total. The second-order valence-corrected chi connectivity index (χ2v) is 3.75. The number of alkyl halides is 3. The summed E-state index contributed by atoms with van der Waals surface area (Å²) in [6, 6.07) is 2.17. The Morgan fingerprint density at radius 1 is 1.38 bits per heavy atom. The lowest BCUT2D eigenvalue weighted by Crippen LogP contribution is -2.06. The van der Waals surface area contributed by atoms with Gasteiger partial charge in [0, 0.05) is 11.6 Å². The average molecular weight is 289 g/mol. The van der Waals surface area contributed by atoms with Crippen molar-refractivity contribution in [1.29, 1.82) is 0 Å². The molecule has 0 spiro atoms. The lowest BCUT2D eigenvalue weighted by molar-refractivity contribution is -0.0498. The Labute approximate surface area is 105 Å². The Morgan fingerprint density at radius 2 is 2.00 bits per heavy atom. The number of ether oxygens (including phenoxy) is 1. The molecule has 0 aliphatic heterocycles. The van der Waals surface area contributed by atoms with E-state index in [1.165, 1.54) is 0 Å². The first-order valence-electron chi connectivity index (χ1n) is 3.98. The van der Waals surface area contributed by atoms with Crippen LogP contribution in [0.15, 0.2) is 12.1 Å². The molecule has 0 bridgehead atoms. The second-order valence-electron chi connectivity index (χ2n) is 2.70. The number of ketones is 1. The molecule has 16 heavy (non-hydrogen) atoms. The van der Waals surface area contributed by atoms with E-state index in [4.69, 9.17) is 34.8 Å². The van der Waals surface area contributed by atoms with E-state index in [2.05, 4.69) is 4.74 Å². The van der Waals surface area contributed by atoms with Crippen LogP contribution in [0.3, 0.4) is 0 Å². The van der Waals surface area contributed by atoms with Gasteiger partial charge in [0.05, 0.1) is 15.9 Å². The number of rotatable bonds is 4. The highest BCUT2D eigenvalue weighted by Crippen LogP contribution is 2.32. The Hall–Kier alpha value is -0.580. The van der Waals surface area contributed by atoms with Crippen LogP contribution >= 0.6 is 34.8 Å². The summed E-state index contributed by atoms with van der Waals surface area (Å²) in [5.41, 5.74) is -0.0418. The summed E-state index contributed by atoms with van der Waals surface area (Å²) >= 11 is 16.7. The molecule has 0 N–H and O–H groups in total. The van der Waals surface area contributed by atoms with Crippen molar-refractivity contribution in [3.63, 3.8) is 0 Å². The van der Waals surface area contributed by atoms with Gasteiger partial charge in [-0.15, -0.1) is 11.6 Å². The van der Waals surface area contributed by atoms with Gasteiger partial charge >= 0.3 is 6.61 Å². The van der Waals surface area contributed by atoms with Crippen molar-refractivity contribution in [3.05, 3.63) is 27.7 Å². The minimum absolute atomic E-state index is 0.0334. The third kappa shape index (κ3) is 3.20. The van der Waals surface area contributed by atoms with Gasteiger partial charge in [0.25, 0.3) is 0 Å². The Morgan fingerprint density at radius 3 is 2.50 bits per heavy atom. The van der Waals surface area contributed by atoms with Crippen LogP contribution in [-0.2, 0) is 0 Å². The van der Waals surface area contributed by atoms with Crippen LogP contribution in [0.4, 0.5) is 8.78 Å². The average Bonchev–Trinajstić information content (AvgIpc) is 2.21. The summed E-state index contributed by atoms with van der Waals surface area (Å²) in [6.07, 6.45) is 0. The molecular weight excluding hydrogens is 284 g/mol. The maximum atomic E-state index is 12.0. The fourth-order valence-electron chi connectivity index (χ4n) is 1.01. The van der Waals surface area contributed by atoms with Crippen molar-refractivity contribution in [2.75, 3.05) is 5.88 Å². The predicted octanol–water partition coefficient (Wildman–Crippen LogP) is 4.02. The van der Waals surface area contributed by atoms with Gasteiger partial charge in [-0.05, 0) is 6.07 Å². The van der Waals surface area contributed by atoms with Gasteiger partial charge in [0.15, 0.2) is 5.78 Å². The molecule has 88 valence electrons. The van der Waals surface area contributed by atoms with E-state index in [1.54, 1.807) is 0 Å². The van der Waals surface area contributed by atoms with E-state index in [9.17, 15) is 13.6 Å². The van der Waals surface area contributed by atoms with E-state index in [1.807, 2.05) is 0 Å². The van der Waals surface area contributed by atoms with Gasteiger partial charge in [-0.2, -0.15) is 8.78 Å². The van der Waals surface area contributed by atoms with Crippen LogP contribution in [0, 0.1) is 0 Å². The van der Waals surface area contributed by atoms with E-state index in [0.29, 0.717) is 0 Å². The molecule has 0 heterocycles. The third-order valence-corrected chi connectivity index (χ3v) is 2.69. The van der Waals surface area contributed by atoms with Crippen LogP contribution in [0.1, 0.15) is 10.4 Å². The van der Waals surface area contributed by atoms with Gasteiger partial charge < -0.3 is 4.74 Å². The maximum Gasteiger partial charge on any atom is 0.387 e. The number of hydrogen-bond donors (Lipinski definition) is 0. The van der Waals surface area contributed by atoms with Gasteiger partial charge in [0.2, 0.25) is 0 Å². The number of carbonyl (C=O) groups is 1. The molecule has 0 saturated carbocycles. The van der Waals surface area contributed by atoms with E-state index >= 15 is 0 Å². The van der Waals surface area contributed by atoms with Crippen molar-refractivity contribution in [2.45, 2.75) is 6.61 Å². The molecular formula is C9H5Cl3F2O2. The van der Waals surface area contributed by atoms with Crippen LogP contribution in [0.2, 0.25) is 10.0 Å². The van der Waals surface area contributed by atoms with Gasteiger partial charge in [0.1, 0.15) is 5.75 Å². The highest BCUT2D eigenvalue weighted by molar-refractivity contribution is 6.45. The molecule has 1 aromatic carbocycles. The highest BCUT2D eigenvalue weighted by atomic mass is 35.5. The molecule has 0 amide bonds. The summed E-state index contributed by atoms with van der Waals surface area (Å²) in [6.45, 7) is -3.00.